The molecule has 1 atom stereocenters. The quantitative estimate of drug-likeness (QED) is 0.355. The molecule has 0 radical (unpaired) electrons. The van der Waals surface area contributed by atoms with Gasteiger partial charge in [0.15, 0.2) is 10.7 Å². The molecule has 23 heavy (non-hydrogen) atoms. The average Bonchev–Trinajstić information content (AvgIpc) is 2.35. The Morgan fingerprint density at radius 3 is 2.09 bits per heavy atom. The summed E-state index contributed by atoms with van der Waals surface area (Å²) in [6.07, 6.45) is -0.775. The number of hydrogen-bond donors (Lipinski definition) is 2. The molecular formula is C15H26N3O5+. The first-order valence-corrected chi connectivity index (χ1v) is 7.17. The SMILES string of the molecule is COC(=O)/C([N+]#N)=C(\O)C[C@@H](NC(=O)OC(C)(C)C)C(C)(C)C. The number of ether oxygens (including phenoxy) is 2. The van der Waals surface area contributed by atoms with Crippen LogP contribution < -0.4 is 5.32 Å². The highest BCUT2D eigenvalue weighted by Crippen LogP contribution is 2.26. The monoisotopic (exact) mass is 328 g/mol. The zero-order valence-corrected chi connectivity index (χ0v) is 14.8. The van der Waals surface area contributed by atoms with Crippen molar-refractivity contribution >= 4 is 12.1 Å². The molecule has 1 amide bonds. The fourth-order valence-electron chi connectivity index (χ4n) is 1.63. The number of alkyl carbamates (subject to hydrolysis) is 1. The normalized spacial score (nSPS) is 14.2. The second kappa shape index (κ2) is 7.81. The molecule has 0 bridgehead atoms. The smallest absolute Gasteiger partial charge is 0.505 e. The highest BCUT2D eigenvalue weighted by molar-refractivity contribution is 5.90. The maximum atomic E-state index is 11.9. The van der Waals surface area contributed by atoms with Gasteiger partial charge in [0, 0.05) is 12.5 Å². The average molecular weight is 328 g/mol. The Morgan fingerprint density at radius 2 is 1.74 bits per heavy atom. The van der Waals surface area contributed by atoms with E-state index in [-0.39, 0.29) is 6.42 Å². The fourth-order valence-corrected chi connectivity index (χ4v) is 1.63. The van der Waals surface area contributed by atoms with Gasteiger partial charge in [0.1, 0.15) is 5.60 Å². The summed E-state index contributed by atoms with van der Waals surface area (Å²) in [6.45, 7) is 10.7. The van der Waals surface area contributed by atoms with Crippen molar-refractivity contribution in [3.8, 4) is 0 Å². The largest absolute Gasteiger partial charge is 0.505 e. The Kier molecular flexibility index (Phi) is 7.03. The van der Waals surface area contributed by atoms with Gasteiger partial charge in [-0.2, -0.15) is 0 Å². The lowest BCUT2D eigenvalue weighted by atomic mass is 9.84. The lowest BCUT2D eigenvalue weighted by Gasteiger charge is -2.32. The van der Waals surface area contributed by atoms with Crippen molar-refractivity contribution in [1.82, 2.24) is 5.32 Å². The van der Waals surface area contributed by atoms with E-state index in [0.29, 0.717) is 0 Å². The fraction of sp³-hybridized carbons (Fsp3) is 0.733. The van der Waals surface area contributed by atoms with E-state index >= 15 is 0 Å². The van der Waals surface area contributed by atoms with Crippen LogP contribution in [0, 0.1) is 10.8 Å². The molecule has 0 saturated heterocycles. The van der Waals surface area contributed by atoms with E-state index in [4.69, 9.17) is 10.1 Å². The summed E-state index contributed by atoms with van der Waals surface area (Å²) in [5.41, 5.74) is -1.73. The summed E-state index contributed by atoms with van der Waals surface area (Å²) in [7, 11) is 1.10. The number of esters is 1. The van der Waals surface area contributed by atoms with Crippen molar-refractivity contribution in [2.75, 3.05) is 7.11 Å². The first-order chi connectivity index (χ1) is 10.3. The Hall–Kier alpha value is -2.30. The number of nitrogens with zero attached hydrogens (tertiary/aromatic N) is 2. The number of nitrogens with one attached hydrogen (secondary N) is 1. The van der Waals surface area contributed by atoms with Crippen LogP contribution in [0.2, 0.25) is 0 Å². The second-order valence-corrected chi connectivity index (χ2v) is 7.16. The van der Waals surface area contributed by atoms with Crippen LogP contribution in [0.15, 0.2) is 11.5 Å². The number of methoxy groups -OCH3 is 1. The molecule has 0 aromatic rings. The molecule has 0 aliphatic carbocycles. The van der Waals surface area contributed by atoms with Crippen LogP contribution in [0.3, 0.4) is 0 Å². The third-order valence-electron chi connectivity index (χ3n) is 2.89. The van der Waals surface area contributed by atoms with E-state index in [1.807, 2.05) is 20.8 Å². The lowest BCUT2D eigenvalue weighted by Crippen LogP contribution is -2.46. The van der Waals surface area contributed by atoms with Crippen LogP contribution in [0.4, 0.5) is 4.79 Å². The number of aliphatic hydroxyl groups excluding tert-OH is 1. The van der Waals surface area contributed by atoms with Crippen molar-refractivity contribution in [3.05, 3.63) is 16.4 Å². The summed E-state index contributed by atoms with van der Waals surface area (Å²) in [6, 6.07) is -0.571. The molecule has 0 aromatic carbocycles. The van der Waals surface area contributed by atoms with Crippen molar-refractivity contribution in [3.63, 3.8) is 0 Å². The van der Waals surface area contributed by atoms with Gasteiger partial charge in [0.2, 0.25) is 5.39 Å². The van der Waals surface area contributed by atoms with Gasteiger partial charge in [-0.05, 0) is 26.2 Å². The third-order valence-corrected chi connectivity index (χ3v) is 2.89. The number of aliphatic hydroxyl groups is 1. The molecule has 8 heteroatoms. The number of carbonyl (C=O) groups is 2. The molecule has 0 heterocycles. The molecule has 0 unspecified atom stereocenters. The van der Waals surface area contributed by atoms with E-state index in [1.165, 1.54) is 0 Å². The van der Waals surface area contributed by atoms with Gasteiger partial charge in [-0.25, -0.2) is 9.59 Å². The Morgan fingerprint density at radius 1 is 1.22 bits per heavy atom. The zero-order chi connectivity index (χ0) is 18.4. The molecule has 0 aliphatic rings. The van der Waals surface area contributed by atoms with Gasteiger partial charge >= 0.3 is 17.8 Å². The van der Waals surface area contributed by atoms with Gasteiger partial charge in [-0.15, -0.1) is 0 Å². The number of hydrogen-bond acceptors (Lipinski definition) is 6. The van der Waals surface area contributed by atoms with Gasteiger partial charge in [-0.1, -0.05) is 20.8 Å². The van der Waals surface area contributed by atoms with Crippen molar-refractivity contribution < 1.29 is 24.2 Å². The van der Waals surface area contributed by atoms with Crippen LogP contribution in [-0.4, -0.2) is 35.9 Å². The van der Waals surface area contributed by atoms with Gasteiger partial charge in [-0.3, -0.25) is 0 Å². The van der Waals surface area contributed by atoms with E-state index in [1.54, 1.807) is 20.8 Å². The Bertz CT molecular complexity index is 521. The summed E-state index contributed by atoms with van der Waals surface area (Å²) in [5, 5.41) is 21.5. The molecule has 8 nitrogen and oxygen atoms in total. The summed E-state index contributed by atoms with van der Waals surface area (Å²) in [5.74, 6) is -1.47. The highest BCUT2D eigenvalue weighted by atomic mass is 16.6. The maximum Gasteiger partial charge on any atom is 0.505 e. The Balaban J connectivity index is 5.31. The van der Waals surface area contributed by atoms with Gasteiger partial charge in [0.05, 0.1) is 7.11 Å². The molecule has 130 valence electrons. The first-order valence-electron chi connectivity index (χ1n) is 7.17. The highest BCUT2D eigenvalue weighted by Gasteiger charge is 2.35. The first kappa shape index (κ1) is 20.7. The van der Waals surface area contributed by atoms with Crippen molar-refractivity contribution in [2.45, 2.75) is 59.6 Å². The zero-order valence-electron chi connectivity index (χ0n) is 14.8. The van der Waals surface area contributed by atoms with Crippen LogP contribution in [-0.2, 0) is 14.3 Å². The number of diazo groups is 1. The summed E-state index contributed by atoms with van der Waals surface area (Å²) in [4.78, 5) is 26.1. The minimum Gasteiger partial charge on any atom is -0.505 e. The van der Waals surface area contributed by atoms with Crippen molar-refractivity contribution in [2.24, 2.45) is 5.41 Å². The number of rotatable bonds is 4. The molecular weight excluding hydrogens is 302 g/mol. The maximum absolute atomic E-state index is 11.9. The van der Waals surface area contributed by atoms with E-state index < -0.39 is 40.6 Å². The molecule has 0 fully saturated rings. The summed E-state index contributed by atoms with van der Waals surface area (Å²) >= 11 is 0. The third kappa shape index (κ3) is 7.49. The molecule has 0 aromatic heterocycles. The van der Waals surface area contributed by atoms with Crippen LogP contribution in [0.1, 0.15) is 48.0 Å². The predicted molar refractivity (Wildman–Crippen MR) is 84.0 cm³/mol. The van der Waals surface area contributed by atoms with Gasteiger partial charge in [0.25, 0.3) is 0 Å². The predicted octanol–water partition coefficient (Wildman–Crippen LogP) is 3.11. The minimum absolute atomic E-state index is 0.128. The molecule has 0 rings (SSSR count). The van der Waals surface area contributed by atoms with Crippen LogP contribution in [0.25, 0.3) is 4.98 Å². The lowest BCUT2D eigenvalue weighted by molar-refractivity contribution is -0.136. The van der Waals surface area contributed by atoms with E-state index in [0.717, 1.165) is 7.11 Å². The Labute approximate surface area is 136 Å². The minimum atomic E-state index is -0.977. The number of carbonyl (C=O) groups excluding carboxylic acids is 2. The van der Waals surface area contributed by atoms with E-state index in [9.17, 15) is 14.7 Å². The second-order valence-electron chi connectivity index (χ2n) is 7.16. The van der Waals surface area contributed by atoms with E-state index in [2.05, 4.69) is 15.0 Å². The molecule has 0 saturated carbocycles. The van der Waals surface area contributed by atoms with Crippen molar-refractivity contribution in [1.29, 1.82) is 5.39 Å². The molecule has 0 aliphatic heterocycles. The van der Waals surface area contributed by atoms with Gasteiger partial charge < -0.3 is 19.9 Å². The standard InChI is InChI=1S/C15H25N3O5/c1-14(2,3)10(17-13(21)23-15(4,5)6)8-9(19)11(18-16)12(20)22-7/h10H,8H2,1-7H3,(H-,17,19,20,21)/p+1/t10-/m1/s1. The topological polar surface area (TPSA) is 113 Å². The van der Waals surface area contributed by atoms with Crippen LogP contribution in [0.5, 0.6) is 0 Å². The van der Waals surface area contributed by atoms with Crippen LogP contribution >= 0.6 is 0 Å². The summed E-state index contributed by atoms with van der Waals surface area (Å²) < 4.78 is 9.60. The number of amides is 1. The molecule has 0 spiro atoms. The molecule has 2 N–H and O–H groups in total.